The quantitative estimate of drug-likeness (QED) is 0.304. The van der Waals surface area contributed by atoms with Gasteiger partial charge in [0.25, 0.3) is 5.89 Å². The van der Waals surface area contributed by atoms with Gasteiger partial charge in [-0.1, -0.05) is 38.1 Å². The monoisotopic (exact) mass is 503 g/mol. The molecule has 1 N–H and O–H groups in total. The van der Waals surface area contributed by atoms with Crippen LogP contribution in [0.2, 0.25) is 0 Å². The van der Waals surface area contributed by atoms with Crippen molar-refractivity contribution in [1.29, 1.82) is 0 Å². The van der Waals surface area contributed by atoms with E-state index < -0.39 is 6.10 Å². The largest absolute Gasteiger partial charge is 0.490 e. The molecule has 0 amide bonds. The highest BCUT2D eigenvalue weighted by molar-refractivity contribution is 5.87. The lowest BCUT2D eigenvalue weighted by atomic mass is 9.88. The molecule has 4 aromatic rings. The summed E-state index contributed by atoms with van der Waals surface area (Å²) < 4.78 is 17.8. The number of β-amino-alcohol motifs (C(OH)–C–C–N with tert-alkyl or cyclic N) is 1. The molecule has 7 heteroatoms. The van der Waals surface area contributed by atoms with Gasteiger partial charge in [-0.3, -0.25) is 0 Å². The van der Waals surface area contributed by atoms with E-state index in [1.54, 1.807) is 0 Å². The van der Waals surface area contributed by atoms with Crippen molar-refractivity contribution < 1.29 is 18.7 Å². The van der Waals surface area contributed by atoms with E-state index in [4.69, 9.17) is 13.6 Å². The van der Waals surface area contributed by atoms with Gasteiger partial charge in [0.05, 0.1) is 5.39 Å². The number of rotatable bonds is 9. The average molecular weight is 504 g/mol. The molecule has 37 heavy (non-hydrogen) atoms. The van der Waals surface area contributed by atoms with Crippen molar-refractivity contribution in [3.8, 4) is 17.4 Å². The molecule has 1 aliphatic rings. The standard InChI is InChI=1S/C30H37N3O4/c1-19(2)14-29-31-32-30(37-29)28-16-25-26(6-5-7-27(25)36-28)35-18-24(34)17-33-12-10-22(11-13-33)23-9-8-20(3)21(4)15-23/h5-9,15-16,19,22,24,34H,10-14,17-18H2,1-4H3. The Bertz CT molecular complexity index is 1330. The number of nitrogens with zero attached hydrogens (tertiary/aromatic N) is 3. The number of aromatic nitrogens is 2. The van der Waals surface area contributed by atoms with E-state index in [0.717, 1.165) is 37.7 Å². The molecule has 1 aliphatic heterocycles. The van der Waals surface area contributed by atoms with Crippen molar-refractivity contribution in [2.45, 2.75) is 59.0 Å². The molecule has 0 bridgehead atoms. The van der Waals surface area contributed by atoms with E-state index in [1.165, 1.54) is 16.7 Å². The van der Waals surface area contributed by atoms with Gasteiger partial charge in [-0.25, -0.2) is 0 Å². The van der Waals surface area contributed by atoms with Gasteiger partial charge >= 0.3 is 0 Å². The predicted molar refractivity (Wildman–Crippen MR) is 144 cm³/mol. The fourth-order valence-electron chi connectivity index (χ4n) is 5.05. The van der Waals surface area contributed by atoms with Crippen molar-refractivity contribution in [3.63, 3.8) is 0 Å². The third-order valence-corrected chi connectivity index (χ3v) is 7.27. The van der Waals surface area contributed by atoms with Crippen LogP contribution < -0.4 is 4.74 Å². The van der Waals surface area contributed by atoms with Crippen LogP contribution in [-0.4, -0.2) is 52.5 Å². The minimum Gasteiger partial charge on any atom is -0.490 e. The summed E-state index contributed by atoms with van der Waals surface area (Å²) in [6, 6.07) is 14.4. The fraction of sp³-hybridized carbons (Fsp3) is 0.467. The van der Waals surface area contributed by atoms with Gasteiger partial charge in [-0.2, -0.15) is 0 Å². The minimum atomic E-state index is -0.575. The van der Waals surface area contributed by atoms with Crippen LogP contribution in [0.1, 0.15) is 55.2 Å². The maximum absolute atomic E-state index is 10.7. The van der Waals surface area contributed by atoms with E-state index in [0.29, 0.717) is 47.3 Å². The third-order valence-electron chi connectivity index (χ3n) is 7.27. The number of likely N-dealkylation sites (tertiary alicyclic amines) is 1. The molecule has 0 aliphatic carbocycles. The van der Waals surface area contributed by atoms with Crippen LogP contribution in [0.3, 0.4) is 0 Å². The van der Waals surface area contributed by atoms with Gasteiger partial charge in [0, 0.05) is 19.0 Å². The summed E-state index contributed by atoms with van der Waals surface area (Å²) in [5.74, 6) is 3.17. The maximum atomic E-state index is 10.7. The van der Waals surface area contributed by atoms with Gasteiger partial charge in [0.2, 0.25) is 5.89 Å². The number of piperidine rings is 1. The highest BCUT2D eigenvalue weighted by atomic mass is 16.5. The van der Waals surface area contributed by atoms with Crippen LogP contribution in [0, 0.1) is 19.8 Å². The van der Waals surface area contributed by atoms with Crippen molar-refractivity contribution >= 4 is 11.0 Å². The van der Waals surface area contributed by atoms with Crippen LogP contribution in [0.5, 0.6) is 5.75 Å². The highest BCUT2D eigenvalue weighted by Crippen LogP contribution is 2.33. The van der Waals surface area contributed by atoms with Gasteiger partial charge < -0.3 is 23.6 Å². The highest BCUT2D eigenvalue weighted by Gasteiger charge is 2.23. The molecule has 196 valence electrons. The maximum Gasteiger partial charge on any atom is 0.283 e. The van der Waals surface area contributed by atoms with E-state index in [-0.39, 0.29) is 6.61 Å². The summed E-state index contributed by atoms with van der Waals surface area (Å²) in [5.41, 5.74) is 4.83. The first-order valence-electron chi connectivity index (χ1n) is 13.3. The van der Waals surface area contributed by atoms with Crippen molar-refractivity contribution in [3.05, 3.63) is 65.0 Å². The Hall–Kier alpha value is -3.16. The van der Waals surface area contributed by atoms with Gasteiger partial charge in [-0.05, 0) is 80.4 Å². The van der Waals surface area contributed by atoms with Crippen molar-refractivity contribution in [2.75, 3.05) is 26.2 Å². The Labute approximate surface area is 218 Å². The zero-order valence-corrected chi connectivity index (χ0v) is 22.2. The first kappa shape index (κ1) is 25.5. The molecule has 1 unspecified atom stereocenters. The summed E-state index contributed by atoms with van der Waals surface area (Å²) >= 11 is 0. The molecule has 0 radical (unpaired) electrons. The summed E-state index contributed by atoms with van der Waals surface area (Å²) in [6.45, 7) is 11.4. The Morgan fingerprint density at radius 2 is 1.84 bits per heavy atom. The number of aliphatic hydroxyl groups is 1. The Morgan fingerprint density at radius 3 is 2.59 bits per heavy atom. The number of fused-ring (bicyclic) bond motifs is 1. The fourth-order valence-corrected chi connectivity index (χ4v) is 5.05. The molecular weight excluding hydrogens is 466 g/mol. The molecule has 7 nitrogen and oxygen atoms in total. The van der Waals surface area contributed by atoms with E-state index in [2.05, 4.69) is 61.0 Å². The zero-order valence-electron chi connectivity index (χ0n) is 22.2. The SMILES string of the molecule is Cc1ccc(C2CCN(CC(O)COc3cccc4oc(-c5nnc(CC(C)C)o5)cc34)CC2)cc1C. The van der Waals surface area contributed by atoms with Gasteiger partial charge in [-0.15, -0.1) is 10.2 Å². The van der Waals surface area contributed by atoms with E-state index in [9.17, 15) is 5.11 Å². The Balaban J connectivity index is 1.16. The van der Waals surface area contributed by atoms with Crippen LogP contribution in [0.4, 0.5) is 0 Å². The van der Waals surface area contributed by atoms with Crippen LogP contribution in [0.15, 0.2) is 51.3 Å². The smallest absolute Gasteiger partial charge is 0.283 e. The predicted octanol–water partition coefficient (Wildman–Crippen LogP) is 5.92. The van der Waals surface area contributed by atoms with Crippen LogP contribution >= 0.6 is 0 Å². The number of hydrogen-bond acceptors (Lipinski definition) is 7. The molecule has 1 saturated heterocycles. The first-order chi connectivity index (χ1) is 17.9. The van der Waals surface area contributed by atoms with Crippen LogP contribution in [0.25, 0.3) is 22.6 Å². The molecule has 2 aromatic heterocycles. The second kappa shape index (κ2) is 11.1. The zero-order chi connectivity index (χ0) is 25.9. The molecule has 2 aromatic carbocycles. The van der Waals surface area contributed by atoms with Crippen molar-refractivity contribution in [1.82, 2.24) is 15.1 Å². The van der Waals surface area contributed by atoms with Gasteiger partial charge in [0.15, 0.2) is 5.76 Å². The molecular formula is C30H37N3O4. The number of ether oxygens (including phenoxy) is 1. The number of benzene rings is 2. The second-order valence-corrected chi connectivity index (χ2v) is 10.8. The summed E-state index contributed by atoms with van der Waals surface area (Å²) in [4.78, 5) is 2.34. The summed E-state index contributed by atoms with van der Waals surface area (Å²) in [6.07, 6.45) is 2.38. The molecule has 0 saturated carbocycles. The molecule has 0 spiro atoms. The number of furan rings is 1. The average Bonchev–Trinajstić information content (AvgIpc) is 3.52. The third kappa shape index (κ3) is 6.05. The lowest BCUT2D eigenvalue weighted by Crippen LogP contribution is -2.40. The van der Waals surface area contributed by atoms with Crippen molar-refractivity contribution in [2.24, 2.45) is 5.92 Å². The molecule has 5 rings (SSSR count). The Kier molecular flexibility index (Phi) is 7.63. The van der Waals surface area contributed by atoms with E-state index in [1.807, 2.05) is 24.3 Å². The topological polar surface area (TPSA) is 84.8 Å². The first-order valence-corrected chi connectivity index (χ1v) is 13.3. The van der Waals surface area contributed by atoms with Gasteiger partial charge in [0.1, 0.15) is 24.0 Å². The molecule has 1 fully saturated rings. The Morgan fingerprint density at radius 1 is 1.03 bits per heavy atom. The number of aliphatic hydroxyl groups excluding tert-OH is 1. The molecule has 1 atom stereocenters. The van der Waals surface area contributed by atoms with E-state index >= 15 is 0 Å². The molecule has 3 heterocycles. The number of hydrogen-bond donors (Lipinski definition) is 1. The normalized spacial score (nSPS) is 16.1. The number of aryl methyl sites for hydroxylation is 2. The minimum absolute atomic E-state index is 0.218. The summed E-state index contributed by atoms with van der Waals surface area (Å²) in [5, 5.41) is 19.8. The lowest BCUT2D eigenvalue weighted by molar-refractivity contribution is 0.0599. The summed E-state index contributed by atoms with van der Waals surface area (Å²) in [7, 11) is 0. The lowest BCUT2D eigenvalue weighted by Gasteiger charge is -2.33. The second-order valence-electron chi connectivity index (χ2n) is 10.8. The van der Waals surface area contributed by atoms with Crippen LogP contribution in [-0.2, 0) is 6.42 Å².